The zero-order chi connectivity index (χ0) is 11.4. The summed E-state index contributed by atoms with van der Waals surface area (Å²) in [5.74, 6) is 0.384. The fourth-order valence-electron chi connectivity index (χ4n) is 1.02. The van der Waals surface area contributed by atoms with Gasteiger partial charge in [-0.15, -0.1) is 5.10 Å². The Morgan fingerprint density at radius 1 is 1.47 bits per heavy atom. The van der Waals surface area contributed by atoms with Gasteiger partial charge in [-0.05, 0) is 5.92 Å². The summed E-state index contributed by atoms with van der Waals surface area (Å²) in [5, 5.41) is 10.7. The first-order chi connectivity index (χ1) is 7.00. The van der Waals surface area contributed by atoms with Gasteiger partial charge in [0, 0.05) is 5.92 Å². The normalized spacial score (nSPS) is 11.1. The number of amides is 1. The van der Waals surface area contributed by atoms with Crippen molar-refractivity contribution in [3.63, 3.8) is 0 Å². The number of hydrogen-bond acceptors (Lipinski definition) is 3. The summed E-state index contributed by atoms with van der Waals surface area (Å²) in [6.07, 6.45) is 1.85. The van der Waals surface area contributed by atoms with Crippen LogP contribution in [0.3, 0.4) is 0 Å². The molecule has 1 heterocycles. The summed E-state index contributed by atoms with van der Waals surface area (Å²) in [5.41, 5.74) is 0.939. The van der Waals surface area contributed by atoms with Crippen molar-refractivity contribution in [2.75, 3.05) is 0 Å². The lowest BCUT2D eigenvalue weighted by atomic mass is 10.2. The molecular weight excluding hydrogens is 192 g/mol. The van der Waals surface area contributed by atoms with Crippen LogP contribution in [-0.4, -0.2) is 20.9 Å². The highest BCUT2D eigenvalue weighted by Crippen LogP contribution is 2.08. The molecule has 0 radical (unpaired) electrons. The van der Waals surface area contributed by atoms with Gasteiger partial charge in [-0.3, -0.25) is 4.79 Å². The molecule has 15 heavy (non-hydrogen) atoms. The summed E-state index contributed by atoms with van der Waals surface area (Å²) in [6, 6.07) is 0. The van der Waals surface area contributed by atoms with Crippen LogP contribution < -0.4 is 5.32 Å². The number of hydrogen-bond donors (Lipinski definition) is 1. The van der Waals surface area contributed by atoms with Crippen LogP contribution in [0.5, 0.6) is 0 Å². The predicted octanol–water partition coefficient (Wildman–Crippen LogP) is 1.13. The van der Waals surface area contributed by atoms with Crippen LogP contribution in [0.4, 0.5) is 0 Å². The lowest BCUT2D eigenvalue weighted by Gasteiger charge is -2.06. The maximum Gasteiger partial charge on any atom is 0.223 e. The van der Waals surface area contributed by atoms with Crippen molar-refractivity contribution in [3.8, 4) is 0 Å². The summed E-state index contributed by atoms with van der Waals surface area (Å²) in [7, 11) is 0. The number of nitrogens with zero attached hydrogens (tertiary/aromatic N) is 3. The SMILES string of the molecule is CC(C)C(=O)NCn1cc(C(C)C)nn1. The summed E-state index contributed by atoms with van der Waals surface area (Å²) in [6.45, 7) is 8.21. The summed E-state index contributed by atoms with van der Waals surface area (Å²) >= 11 is 0. The standard InChI is InChI=1S/C10H18N4O/c1-7(2)9-5-14(13-12-9)6-11-10(15)8(3)4/h5,7-8H,6H2,1-4H3,(H,11,15). The van der Waals surface area contributed by atoms with E-state index in [1.807, 2.05) is 20.0 Å². The van der Waals surface area contributed by atoms with Gasteiger partial charge in [-0.1, -0.05) is 32.9 Å². The van der Waals surface area contributed by atoms with Crippen LogP contribution >= 0.6 is 0 Å². The Morgan fingerprint density at radius 3 is 2.60 bits per heavy atom. The zero-order valence-corrected chi connectivity index (χ0v) is 9.69. The third-order valence-corrected chi connectivity index (χ3v) is 2.09. The Balaban J connectivity index is 2.48. The Hall–Kier alpha value is -1.39. The van der Waals surface area contributed by atoms with Crippen molar-refractivity contribution in [3.05, 3.63) is 11.9 Å². The van der Waals surface area contributed by atoms with E-state index >= 15 is 0 Å². The molecule has 1 rings (SSSR count). The van der Waals surface area contributed by atoms with E-state index in [0.29, 0.717) is 12.6 Å². The third-order valence-electron chi connectivity index (χ3n) is 2.09. The molecule has 84 valence electrons. The molecular formula is C10H18N4O. The molecule has 0 unspecified atom stereocenters. The molecule has 5 nitrogen and oxygen atoms in total. The minimum absolute atomic E-state index is 0.00177. The van der Waals surface area contributed by atoms with E-state index in [0.717, 1.165) is 5.69 Å². The average molecular weight is 210 g/mol. The molecule has 0 saturated carbocycles. The molecule has 0 atom stereocenters. The van der Waals surface area contributed by atoms with Gasteiger partial charge in [0.15, 0.2) is 0 Å². The van der Waals surface area contributed by atoms with Gasteiger partial charge in [0.1, 0.15) is 6.67 Å². The molecule has 5 heteroatoms. The van der Waals surface area contributed by atoms with Crippen LogP contribution in [0.2, 0.25) is 0 Å². The molecule has 1 amide bonds. The molecule has 0 spiro atoms. The Bertz CT molecular complexity index is 330. The third kappa shape index (κ3) is 3.34. The first kappa shape index (κ1) is 11.7. The van der Waals surface area contributed by atoms with Gasteiger partial charge in [0.25, 0.3) is 0 Å². The molecule has 0 fully saturated rings. The molecule has 0 bridgehead atoms. The fourth-order valence-corrected chi connectivity index (χ4v) is 1.02. The van der Waals surface area contributed by atoms with Crippen LogP contribution in [0.1, 0.15) is 39.3 Å². The highest BCUT2D eigenvalue weighted by molar-refractivity contribution is 5.77. The molecule has 0 aliphatic rings. The highest BCUT2D eigenvalue weighted by atomic mass is 16.1. The number of carbonyl (C=O) groups is 1. The van der Waals surface area contributed by atoms with Crippen LogP contribution in [0.15, 0.2) is 6.20 Å². The highest BCUT2D eigenvalue weighted by Gasteiger charge is 2.07. The zero-order valence-electron chi connectivity index (χ0n) is 9.69. The predicted molar refractivity (Wildman–Crippen MR) is 57.1 cm³/mol. The van der Waals surface area contributed by atoms with Crippen molar-refractivity contribution in [2.45, 2.75) is 40.3 Å². The lowest BCUT2D eigenvalue weighted by Crippen LogP contribution is -2.29. The van der Waals surface area contributed by atoms with Gasteiger partial charge >= 0.3 is 0 Å². The van der Waals surface area contributed by atoms with E-state index in [9.17, 15) is 4.79 Å². The molecule has 1 aromatic heterocycles. The van der Waals surface area contributed by atoms with Gasteiger partial charge in [0.2, 0.25) is 5.91 Å². The van der Waals surface area contributed by atoms with Crippen molar-refractivity contribution in [1.82, 2.24) is 20.3 Å². The van der Waals surface area contributed by atoms with Gasteiger partial charge in [-0.2, -0.15) is 0 Å². The first-order valence-electron chi connectivity index (χ1n) is 5.18. The van der Waals surface area contributed by atoms with Crippen LogP contribution in [0, 0.1) is 5.92 Å². The van der Waals surface area contributed by atoms with E-state index in [4.69, 9.17) is 0 Å². The van der Waals surface area contributed by atoms with E-state index in [2.05, 4.69) is 29.5 Å². The second-order valence-electron chi connectivity index (χ2n) is 4.19. The molecule has 1 aromatic rings. The molecule has 0 saturated heterocycles. The minimum Gasteiger partial charge on any atom is -0.337 e. The molecule has 0 aliphatic heterocycles. The number of nitrogens with one attached hydrogen (secondary N) is 1. The van der Waals surface area contributed by atoms with Crippen molar-refractivity contribution in [2.24, 2.45) is 5.92 Å². The second-order valence-corrected chi connectivity index (χ2v) is 4.19. The molecule has 0 aliphatic carbocycles. The van der Waals surface area contributed by atoms with Gasteiger partial charge in [0.05, 0.1) is 11.9 Å². The monoisotopic (exact) mass is 210 g/mol. The Labute approximate surface area is 89.9 Å². The first-order valence-corrected chi connectivity index (χ1v) is 5.18. The second kappa shape index (κ2) is 4.91. The van der Waals surface area contributed by atoms with Gasteiger partial charge < -0.3 is 5.32 Å². The lowest BCUT2D eigenvalue weighted by molar-refractivity contribution is -0.124. The van der Waals surface area contributed by atoms with E-state index in [1.54, 1.807) is 4.68 Å². The molecule has 1 N–H and O–H groups in total. The number of rotatable bonds is 4. The van der Waals surface area contributed by atoms with Crippen molar-refractivity contribution < 1.29 is 4.79 Å². The minimum atomic E-state index is -0.00177. The number of aromatic nitrogens is 3. The average Bonchev–Trinajstić information content (AvgIpc) is 2.62. The Kier molecular flexibility index (Phi) is 3.82. The van der Waals surface area contributed by atoms with Crippen LogP contribution in [-0.2, 0) is 11.5 Å². The smallest absolute Gasteiger partial charge is 0.223 e. The topological polar surface area (TPSA) is 59.8 Å². The summed E-state index contributed by atoms with van der Waals surface area (Å²) < 4.78 is 1.63. The van der Waals surface area contributed by atoms with E-state index in [-0.39, 0.29) is 11.8 Å². The number of carbonyl (C=O) groups excluding carboxylic acids is 1. The maximum atomic E-state index is 11.3. The quantitative estimate of drug-likeness (QED) is 0.810. The fraction of sp³-hybridized carbons (Fsp3) is 0.700. The largest absolute Gasteiger partial charge is 0.337 e. The van der Waals surface area contributed by atoms with Crippen LogP contribution in [0.25, 0.3) is 0 Å². The summed E-state index contributed by atoms with van der Waals surface area (Å²) in [4.78, 5) is 11.3. The van der Waals surface area contributed by atoms with E-state index < -0.39 is 0 Å². The van der Waals surface area contributed by atoms with Crippen molar-refractivity contribution in [1.29, 1.82) is 0 Å². The maximum absolute atomic E-state index is 11.3. The van der Waals surface area contributed by atoms with Gasteiger partial charge in [-0.25, -0.2) is 4.68 Å². The molecule has 0 aromatic carbocycles. The van der Waals surface area contributed by atoms with E-state index in [1.165, 1.54) is 0 Å². The Morgan fingerprint density at radius 2 is 2.13 bits per heavy atom. The van der Waals surface area contributed by atoms with Crippen molar-refractivity contribution >= 4 is 5.91 Å².